The minimum absolute atomic E-state index is 0. The van der Waals surface area contributed by atoms with E-state index < -0.39 is 50.2 Å². The Morgan fingerprint density at radius 2 is 1.76 bits per heavy atom. The maximum Gasteiger partial charge on any atom is 1.00 e. The van der Waals surface area contributed by atoms with Crippen LogP contribution in [0.4, 0.5) is 0 Å². The summed E-state index contributed by atoms with van der Waals surface area (Å²) < 4.78 is 20.8. The average Bonchev–Trinajstić information content (AvgIpc) is 2.64. The van der Waals surface area contributed by atoms with Gasteiger partial charge in [-0.1, -0.05) is 0 Å². The normalized spacial score (nSPS) is 25.0. The number of aliphatic hydroxyl groups excluding tert-OH is 2. The first-order chi connectivity index (χ1) is 9.69. The Balaban J connectivity index is -0.00000121. The minimum atomic E-state index is -4.76. The summed E-state index contributed by atoms with van der Waals surface area (Å²) in [6.07, 6.45) is -4.58. The van der Waals surface area contributed by atoms with Gasteiger partial charge in [0.25, 0.3) is 5.56 Å². The summed E-state index contributed by atoms with van der Waals surface area (Å²) in [4.78, 5) is 41.6. The minimum Gasteiger partial charge on any atom is -0.412 e. The predicted octanol–water partition coefficient (Wildman–Crippen LogP) is -12.5. The molecule has 25 heavy (non-hydrogen) atoms. The Kier molecular flexibility index (Phi) is 16.2. The molecule has 0 saturated carbocycles. The van der Waals surface area contributed by atoms with Crippen LogP contribution in [0.2, 0.25) is 0 Å². The molecule has 1 aliphatic rings. The molecule has 4 atom stereocenters. The summed E-state index contributed by atoms with van der Waals surface area (Å²) in [5, 5.41) is 19.6. The third kappa shape index (κ3) is 8.67. The second-order valence-electron chi connectivity index (χ2n) is 4.35. The predicted molar refractivity (Wildman–Crippen MR) is 68.9 cm³/mol. The summed E-state index contributed by atoms with van der Waals surface area (Å²) in [6, 6.07) is 1.02. The van der Waals surface area contributed by atoms with E-state index in [2.05, 4.69) is 4.52 Å². The van der Waals surface area contributed by atoms with Crippen molar-refractivity contribution in [3.05, 3.63) is 33.1 Å². The molecule has 0 aliphatic carbocycles. The number of ether oxygens (including phenoxy) is 1. The van der Waals surface area contributed by atoms with Crippen LogP contribution in [0, 0.1) is 0 Å². The zero-order valence-corrected chi connectivity index (χ0v) is 20.8. The first kappa shape index (κ1) is 31.3. The van der Waals surface area contributed by atoms with Gasteiger partial charge in [0.2, 0.25) is 0 Å². The molecule has 2 heterocycles. The molecule has 1 saturated heterocycles. The fraction of sp³-hybridized carbons (Fsp3) is 0.556. The maximum atomic E-state index is 11.6. The van der Waals surface area contributed by atoms with E-state index in [1.54, 1.807) is 0 Å². The fourth-order valence-corrected chi connectivity index (χ4v) is 2.24. The van der Waals surface area contributed by atoms with E-state index in [4.69, 9.17) is 14.5 Å². The van der Waals surface area contributed by atoms with Crippen molar-refractivity contribution in [1.82, 2.24) is 9.55 Å². The molecule has 0 unspecified atom stereocenters. The molecule has 0 bridgehead atoms. The van der Waals surface area contributed by atoms with E-state index in [1.165, 1.54) is 0 Å². The van der Waals surface area contributed by atoms with E-state index in [9.17, 15) is 24.4 Å². The van der Waals surface area contributed by atoms with Crippen molar-refractivity contribution in [2.24, 2.45) is 0 Å². The smallest absolute Gasteiger partial charge is 0.412 e. The van der Waals surface area contributed by atoms with Crippen LogP contribution in [0.5, 0.6) is 0 Å². The van der Waals surface area contributed by atoms with Crippen molar-refractivity contribution in [2.45, 2.75) is 24.5 Å². The molecular weight excluding hydrogens is 396 g/mol. The molecule has 1 aromatic heterocycles. The average molecular weight is 411 g/mol. The number of rotatable bonds is 4. The second kappa shape index (κ2) is 13.0. The number of aliphatic hydroxyl groups is 2. The first-order valence-corrected chi connectivity index (χ1v) is 7.25. The zero-order chi connectivity index (χ0) is 15.8. The number of aromatic amines is 1. The molecule has 16 heteroatoms. The van der Waals surface area contributed by atoms with Gasteiger partial charge in [-0.05, 0) is 0 Å². The molecule has 0 radical (unpaired) electrons. The number of hydrogen-bond acceptors (Lipinski definition) is 7. The van der Waals surface area contributed by atoms with Crippen LogP contribution in [-0.2, 0) is 13.8 Å². The van der Waals surface area contributed by atoms with Crippen molar-refractivity contribution in [2.75, 3.05) is 6.61 Å². The molecule has 2 rings (SSSR count). The Bertz CT molecular complexity index is 678. The molecule has 126 valence electrons. The maximum absolute atomic E-state index is 11.6. The van der Waals surface area contributed by atoms with Crippen LogP contribution in [-0.4, -0.2) is 59.9 Å². The van der Waals surface area contributed by atoms with E-state index in [0.717, 1.165) is 16.8 Å². The number of nitrogens with one attached hydrogen (secondary N) is 1. The summed E-state index contributed by atoms with van der Waals surface area (Å²) in [6.45, 7) is -0.683. The van der Waals surface area contributed by atoms with Gasteiger partial charge in [-0.15, -0.1) is 0 Å². The summed E-state index contributed by atoms with van der Waals surface area (Å²) >= 11 is 0. The van der Waals surface area contributed by atoms with Gasteiger partial charge >= 0.3 is 102 Å². The Morgan fingerprint density at radius 3 is 2.24 bits per heavy atom. The number of phosphoric ester groups is 1. The number of nitrogens with zero attached hydrogens (tertiary/aromatic N) is 1. The van der Waals surface area contributed by atoms with E-state index in [-0.39, 0.29) is 94.1 Å². The van der Waals surface area contributed by atoms with Crippen LogP contribution < -0.4 is 99.9 Å². The molecule has 1 aliphatic heterocycles. The Labute approximate surface area is 207 Å². The Hall–Kier alpha value is 1.63. The van der Waals surface area contributed by atoms with Gasteiger partial charge in [-0.2, -0.15) is 0 Å². The van der Waals surface area contributed by atoms with Gasteiger partial charge < -0.3 is 30.2 Å². The number of hydrogen-bond donors (Lipinski definition) is 5. The van der Waals surface area contributed by atoms with Crippen LogP contribution in [0.15, 0.2) is 21.9 Å². The molecule has 0 spiro atoms. The zero-order valence-electron chi connectivity index (χ0n) is 13.9. The molecule has 1 aromatic rings. The third-order valence-corrected chi connectivity index (χ3v) is 3.35. The third-order valence-electron chi connectivity index (χ3n) is 2.87. The largest absolute Gasteiger partial charge is 1.00 e. The van der Waals surface area contributed by atoms with Gasteiger partial charge in [0.1, 0.15) is 18.3 Å². The number of H-pyrrole nitrogens is 1. The number of phosphoric acid groups is 1. The van der Waals surface area contributed by atoms with Gasteiger partial charge in [-0.3, -0.25) is 18.9 Å². The van der Waals surface area contributed by atoms with E-state index in [0.29, 0.717) is 0 Å². The molecule has 0 aromatic carbocycles. The molecule has 0 amide bonds. The van der Waals surface area contributed by atoms with Crippen LogP contribution in [0.25, 0.3) is 0 Å². The van der Waals surface area contributed by atoms with Gasteiger partial charge in [0, 0.05) is 12.3 Å². The monoisotopic (exact) mass is 411 g/mol. The molecular formula is C9H15N2Na3O10P+3. The Morgan fingerprint density at radius 1 is 1.20 bits per heavy atom. The van der Waals surface area contributed by atoms with Gasteiger partial charge in [0.15, 0.2) is 6.23 Å². The van der Waals surface area contributed by atoms with Crippen LogP contribution in [0.1, 0.15) is 6.23 Å². The van der Waals surface area contributed by atoms with Crippen molar-refractivity contribution < 1.29 is 128 Å². The van der Waals surface area contributed by atoms with Gasteiger partial charge in [-0.25, -0.2) is 9.36 Å². The van der Waals surface area contributed by atoms with E-state index >= 15 is 0 Å². The number of aromatic nitrogens is 2. The van der Waals surface area contributed by atoms with Crippen LogP contribution in [0.3, 0.4) is 0 Å². The molecule has 12 nitrogen and oxygen atoms in total. The second-order valence-corrected chi connectivity index (χ2v) is 5.59. The van der Waals surface area contributed by atoms with Crippen molar-refractivity contribution in [3.8, 4) is 0 Å². The van der Waals surface area contributed by atoms with Gasteiger partial charge in [0.05, 0.1) is 6.61 Å². The molecule has 1 fully saturated rings. The van der Waals surface area contributed by atoms with Crippen molar-refractivity contribution in [3.63, 3.8) is 0 Å². The fourth-order valence-electron chi connectivity index (χ4n) is 1.89. The van der Waals surface area contributed by atoms with E-state index in [1.807, 2.05) is 4.98 Å². The summed E-state index contributed by atoms with van der Waals surface area (Å²) in [5.74, 6) is 0. The molecule has 7 N–H and O–H groups in total. The van der Waals surface area contributed by atoms with Crippen LogP contribution >= 0.6 is 7.82 Å². The van der Waals surface area contributed by atoms with Crippen molar-refractivity contribution >= 4 is 7.82 Å². The topological polar surface area (TPSA) is 203 Å². The summed E-state index contributed by atoms with van der Waals surface area (Å²) in [5.41, 5.74) is -1.51. The summed E-state index contributed by atoms with van der Waals surface area (Å²) in [7, 11) is -4.76. The first-order valence-electron chi connectivity index (χ1n) is 5.72. The quantitative estimate of drug-likeness (QED) is 0.235. The standard InChI is InChI=1S/C9H13N2O9P.3Na.H2O/c12-5-1-2-11(9(15)10-5)8-7(14)6(13)4(20-8)3-19-21(16,17)18;;;;/h1-2,4,6-8,13-14H,3H2,(H,10,12,15)(H2,16,17,18);;;;1H2/q;3*+1;/t4-,6-,7-,8-;;;;/m1..../s1. The SMILES string of the molecule is O.O=c1ccn([C@@H]2O[C@H](COP(=O)(O)O)[C@@H](O)[C@H]2O)c(=O)[nH]1.[Na+].[Na+].[Na+]. The van der Waals surface area contributed by atoms with Crippen molar-refractivity contribution in [1.29, 1.82) is 0 Å².